The monoisotopic (exact) mass is 753 g/mol. The van der Waals surface area contributed by atoms with Gasteiger partial charge in [-0.2, -0.15) is 0 Å². The highest BCUT2D eigenvalue weighted by atomic mass is 16.4. The van der Waals surface area contributed by atoms with Crippen LogP contribution in [0.15, 0.2) is 59.6 Å². The predicted molar refractivity (Wildman–Crippen MR) is 203 cm³/mol. The largest absolute Gasteiger partial charge is 0.508 e. The van der Waals surface area contributed by atoms with Crippen molar-refractivity contribution in [3.05, 3.63) is 65.7 Å². The van der Waals surface area contributed by atoms with Gasteiger partial charge in [-0.1, -0.05) is 70.2 Å². The van der Waals surface area contributed by atoms with E-state index in [9.17, 15) is 39.0 Å². The highest BCUT2D eigenvalue weighted by Crippen LogP contribution is 2.14. The van der Waals surface area contributed by atoms with Gasteiger partial charge in [0.2, 0.25) is 29.5 Å². The molecule has 0 fully saturated rings. The Bertz CT molecular complexity index is 1580. The Morgan fingerprint density at radius 2 is 1.22 bits per heavy atom. The molecule has 0 heterocycles. The number of phenolic OH excluding ortho intramolecular Hbond substituents is 1. The smallest absolute Gasteiger partial charge is 0.326 e. The molecule has 296 valence electrons. The predicted octanol–water partition coefficient (Wildman–Crippen LogP) is -0.600. The molecule has 17 nitrogen and oxygen atoms in total. The number of nitrogens with one attached hydrogen (secondary N) is 5. The van der Waals surface area contributed by atoms with Crippen LogP contribution in [0.5, 0.6) is 5.75 Å². The fraction of sp³-hybridized carbons (Fsp3) is 0.486. The molecule has 0 saturated carbocycles. The van der Waals surface area contributed by atoms with Gasteiger partial charge in [0.25, 0.3) is 0 Å². The molecule has 0 aliphatic rings. The molecule has 0 aliphatic carbocycles. The second kappa shape index (κ2) is 22.4. The fourth-order valence-corrected chi connectivity index (χ4v) is 5.45. The summed E-state index contributed by atoms with van der Waals surface area (Å²) in [6.45, 7) is 6.87. The van der Waals surface area contributed by atoms with Crippen LogP contribution >= 0.6 is 0 Å². The number of carbonyl (C=O) groups is 6. The SMILES string of the molecule is CC(C)CC(NC(=O)CN)C(=O)NC(CCCN=C(N)N)C(=O)NC(C(=O)NC(Cc1ccc(O)cc1)C(=O)NC(Cc1ccccc1)C(=O)O)C(C)C. The van der Waals surface area contributed by atoms with Crippen LogP contribution < -0.4 is 43.8 Å². The molecule has 0 spiro atoms. The minimum absolute atomic E-state index is 0.00202. The van der Waals surface area contributed by atoms with Crippen molar-refractivity contribution in [2.24, 2.45) is 34.0 Å². The Hall–Kier alpha value is -5.71. The maximum absolute atomic E-state index is 13.9. The lowest BCUT2D eigenvalue weighted by Crippen LogP contribution is -2.60. The topological polar surface area (TPSA) is 293 Å². The zero-order valence-electron chi connectivity index (χ0n) is 31.2. The average Bonchev–Trinajstić information content (AvgIpc) is 3.11. The molecule has 0 aliphatic heterocycles. The number of nitrogens with zero attached hydrogens (tertiary/aromatic N) is 1. The number of aromatic hydroxyl groups is 1. The molecular formula is C37H55N9O8. The van der Waals surface area contributed by atoms with Crippen molar-refractivity contribution in [2.45, 2.75) is 90.0 Å². The van der Waals surface area contributed by atoms with Crippen molar-refractivity contribution in [3.8, 4) is 5.75 Å². The third-order valence-corrected chi connectivity index (χ3v) is 8.28. The van der Waals surface area contributed by atoms with Crippen LogP contribution in [0.25, 0.3) is 0 Å². The third-order valence-electron chi connectivity index (χ3n) is 8.28. The number of phenols is 1. The highest BCUT2D eigenvalue weighted by Gasteiger charge is 2.34. The normalized spacial score (nSPS) is 13.8. The zero-order chi connectivity index (χ0) is 40.4. The van der Waals surface area contributed by atoms with Crippen LogP contribution in [0, 0.1) is 11.8 Å². The number of nitrogens with two attached hydrogens (primary N) is 3. The number of amides is 5. The van der Waals surface area contributed by atoms with Crippen LogP contribution in [0.1, 0.15) is 58.1 Å². The standard InChI is InChI=1S/C37H55N9O8/c1-21(2)17-27(42-30(48)20-38)33(50)43-26(11-8-16-41-37(39)40)32(49)46-31(22(3)4)35(52)44-28(18-24-12-14-25(47)15-13-24)34(51)45-29(36(53)54)19-23-9-6-5-7-10-23/h5-7,9-10,12-15,21-22,26-29,31,47H,8,11,16-20,38H2,1-4H3,(H,42,48)(H,43,50)(H,44,52)(H,45,51)(H,46,49)(H,53,54)(H4,39,40,41). The summed E-state index contributed by atoms with van der Waals surface area (Å²) in [5, 5.41) is 32.8. The van der Waals surface area contributed by atoms with Gasteiger partial charge in [0.05, 0.1) is 6.54 Å². The lowest BCUT2D eigenvalue weighted by Gasteiger charge is -2.29. The van der Waals surface area contributed by atoms with E-state index in [2.05, 4.69) is 31.6 Å². The number of rotatable bonds is 22. The number of hydrogen-bond acceptors (Lipinski definition) is 9. The summed E-state index contributed by atoms with van der Waals surface area (Å²) in [6.07, 6.45) is 0.487. The van der Waals surface area contributed by atoms with Crippen molar-refractivity contribution in [1.82, 2.24) is 26.6 Å². The zero-order valence-corrected chi connectivity index (χ0v) is 31.2. The Morgan fingerprint density at radius 1 is 0.685 bits per heavy atom. The highest BCUT2D eigenvalue weighted by molar-refractivity contribution is 5.96. The Labute approximate surface area is 315 Å². The molecule has 0 bridgehead atoms. The van der Waals surface area contributed by atoms with Crippen molar-refractivity contribution in [2.75, 3.05) is 13.1 Å². The Balaban J connectivity index is 2.36. The van der Waals surface area contributed by atoms with E-state index < -0.39 is 71.6 Å². The first-order valence-corrected chi connectivity index (χ1v) is 17.8. The van der Waals surface area contributed by atoms with Crippen LogP contribution in [-0.4, -0.2) is 95.0 Å². The molecule has 2 aromatic rings. The number of hydrogen-bond donors (Lipinski definition) is 10. The second-order valence-electron chi connectivity index (χ2n) is 13.7. The molecule has 0 saturated heterocycles. The minimum atomic E-state index is -1.32. The van der Waals surface area contributed by atoms with Gasteiger partial charge in [-0.15, -0.1) is 0 Å². The Kier molecular flexibility index (Phi) is 18.4. The van der Waals surface area contributed by atoms with Gasteiger partial charge in [-0.3, -0.25) is 29.0 Å². The Morgan fingerprint density at radius 3 is 1.78 bits per heavy atom. The van der Waals surface area contributed by atoms with Crippen LogP contribution in [0.4, 0.5) is 0 Å². The first kappa shape index (κ1) is 44.5. The molecule has 5 atom stereocenters. The van der Waals surface area contributed by atoms with Crippen molar-refractivity contribution in [3.63, 3.8) is 0 Å². The van der Waals surface area contributed by atoms with Gasteiger partial charge in [0.15, 0.2) is 5.96 Å². The van der Waals surface area contributed by atoms with E-state index in [4.69, 9.17) is 17.2 Å². The quantitative estimate of drug-likeness (QED) is 0.0412. The summed E-state index contributed by atoms with van der Waals surface area (Å²) >= 11 is 0. The second-order valence-corrected chi connectivity index (χ2v) is 13.7. The molecule has 17 heteroatoms. The van der Waals surface area contributed by atoms with Crippen molar-refractivity contribution >= 4 is 41.5 Å². The van der Waals surface area contributed by atoms with Crippen LogP contribution in [0.2, 0.25) is 0 Å². The van der Waals surface area contributed by atoms with Crippen LogP contribution in [-0.2, 0) is 41.6 Å². The number of guanidine groups is 1. The summed E-state index contributed by atoms with van der Waals surface area (Å²) in [5.74, 6) is -5.40. The van der Waals surface area contributed by atoms with Gasteiger partial charge in [-0.25, -0.2) is 4.79 Å². The third kappa shape index (κ3) is 15.9. The van der Waals surface area contributed by atoms with Crippen LogP contribution in [0.3, 0.4) is 0 Å². The van der Waals surface area contributed by atoms with Gasteiger partial charge < -0.3 is 54.0 Å². The minimum Gasteiger partial charge on any atom is -0.508 e. The van der Waals surface area contributed by atoms with E-state index in [-0.39, 0.29) is 62.8 Å². The summed E-state index contributed by atoms with van der Waals surface area (Å²) in [6, 6.07) is 8.64. The number of carboxylic acids is 1. The number of carbonyl (C=O) groups excluding carboxylic acids is 5. The molecule has 5 unspecified atom stereocenters. The molecule has 54 heavy (non-hydrogen) atoms. The van der Waals surface area contributed by atoms with E-state index in [1.165, 1.54) is 12.1 Å². The molecule has 2 rings (SSSR count). The first-order valence-electron chi connectivity index (χ1n) is 17.8. The molecular weight excluding hydrogens is 698 g/mol. The maximum atomic E-state index is 13.9. The molecule has 13 N–H and O–H groups in total. The fourth-order valence-electron chi connectivity index (χ4n) is 5.45. The number of aliphatic carboxylic acids is 1. The summed E-state index contributed by atoms with van der Waals surface area (Å²) in [7, 11) is 0. The van der Waals surface area contributed by atoms with Gasteiger partial charge in [-0.05, 0) is 54.4 Å². The number of aliphatic imine (C=N–C) groups is 1. The van der Waals surface area contributed by atoms with Crippen molar-refractivity contribution < 1.29 is 39.0 Å². The summed E-state index contributed by atoms with van der Waals surface area (Å²) in [5.41, 5.74) is 17.5. The average molecular weight is 754 g/mol. The van der Waals surface area contributed by atoms with Gasteiger partial charge in [0, 0.05) is 19.4 Å². The summed E-state index contributed by atoms with van der Waals surface area (Å²) < 4.78 is 0. The number of benzene rings is 2. The van der Waals surface area contributed by atoms with E-state index in [0.717, 1.165) is 0 Å². The molecule has 0 aromatic heterocycles. The maximum Gasteiger partial charge on any atom is 0.326 e. The first-order chi connectivity index (χ1) is 25.5. The van der Waals surface area contributed by atoms with E-state index in [1.54, 1.807) is 56.3 Å². The van der Waals surface area contributed by atoms with E-state index in [0.29, 0.717) is 11.1 Å². The van der Waals surface area contributed by atoms with Gasteiger partial charge >= 0.3 is 5.97 Å². The lowest BCUT2D eigenvalue weighted by atomic mass is 9.99. The van der Waals surface area contributed by atoms with Gasteiger partial charge in [0.1, 0.15) is 36.0 Å². The lowest BCUT2D eigenvalue weighted by molar-refractivity contribution is -0.142. The summed E-state index contributed by atoms with van der Waals surface area (Å²) in [4.78, 5) is 83.0. The molecule has 5 amide bonds. The number of carboxylic acid groups (broad SMARTS) is 1. The van der Waals surface area contributed by atoms with E-state index in [1.807, 2.05) is 13.8 Å². The van der Waals surface area contributed by atoms with Crippen molar-refractivity contribution in [1.29, 1.82) is 0 Å². The molecule has 2 aromatic carbocycles. The molecule has 0 radical (unpaired) electrons. The van der Waals surface area contributed by atoms with E-state index >= 15 is 0 Å².